The zero-order valence-corrected chi connectivity index (χ0v) is 11.5. The van der Waals surface area contributed by atoms with E-state index in [0.717, 1.165) is 38.0 Å². The molecule has 0 spiro atoms. The first-order valence-electron chi connectivity index (χ1n) is 7.47. The zero-order valence-electron chi connectivity index (χ0n) is 11.5. The largest absolute Gasteiger partial charge is 0.378 e. The molecule has 3 nitrogen and oxygen atoms in total. The summed E-state index contributed by atoms with van der Waals surface area (Å²) in [6.45, 7) is 1.49. The number of ether oxygens (including phenoxy) is 1. The first-order chi connectivity index (χ1) is 9.81. The van der Waals surface area contributed by atoms with E-state index < -0.39 is 0 Å². The molecule has 1 aliphatic carbocycles. The lowest BCUT2D eigenvalue weighted by Gasteiger charge is -2.39. The second kappa shape index (κ2) is 4.83. The number of hydrogen-bond acceptors (Lipinski definition) is 3. The lowest BCUT2D eigenvalue weighted by atomic mass is 9.81. The summed E-state index contributed by atoms with van der Waals surface area (Å²) < 4.78 is 5.56. The Bertz CT molecular complexity index is 566. The van der Waals surface area contributed by atoms with E-state index in [9.17, 15) is 4.79 Å². The van der Waals surface area contributed by atoms with Crippen LogP contribution in [0.5, 0.6) is 0 Å². The topological polar surface area (TPSA) is 38.3 Å². The SMILES string of the molecule is O=C(c1cccc2c1CC=C2)C1CC2COCC(C1)N2. The molecule has 104 valence electrons. The van der Waals surface area contributed by atoms with Gasteiger partial charge in [0.05, 0.1) is 13.2 Å². The Balaban J connectivity index is 1.60. The van der Waals surface area contributed by atoms with Gasteiger partial charge >= 0.3 is 0 Å². The number of carbonyl (C=O) groups excluding carboxylic acids is 1. The number of ketones is 1. The molecule has 20 heavy (non-hydrogen) atoms. The summed E-state index contributed by atoms with van der Waals surface area (Å²) in [6.07, 6.45) is 6.99. The number of nitrogens with one attached hydrogen (secondary N) is 1. The first-order valence-corrected chi connectivity index (χ1v) is 7.47. The molecule has 2 unspecified atom stereocenters. The van der Waals surface area contributed by atoms with E-state index in [1.807, 2.05) is 12.1 Å². The molecular formula is C17H19NO2. The molecular weight excluding hydrogens is 250 g/mol. The summed E-state index contributed by atoms with van der Waals surface area (Å²) >= 11 is 0. The fourth-order valence-electron chi connectivity index (χ4n) is 3.79. The van der Waals surface area contributed by atoms with Crippen LogP contribution in [0.15, 0.2) is 24.3 Å². The zero-order chi connectivity index (χ0) is 13.5. The molecule has 2 atom stereocenters. The molecule has 2 heterocycles. The average Bonchev–Trinajstić information content (AvgIpc) is 2.94. The van der Waals surface area contributed by atoms with Crippen molar-refractivity contribution in [3.63, 3.8) is 0 Å². The summed E-state index contributed by atoms with van der Waals surface area (Å²) in [5, 5.41) is 3.55. The second-order valence-corrected chi connectivity index (χ2v) is 6.11. The lowest BCUT2D eigenvalue weighted by molar-refractivity contribution is 0.00951. The Morgan fingerprint density at radius 1 is 1.20 bits per heavy atom. The van der Waals surface area contributed by atoms with Gasteiger partial charge in [0, 0.05) is 23.6 Å². The van der Waals surface area contributed by atoms with Crippen molar-refractivity contribution in [1.29, 1.82) is 0 Å². The molecule has 0 radical (unpaired) electrons. The van der Waals surface area contributed by atoms with Crippen LogP contribution >= 0.6 is 0 Å². The van der Waals surface area contributed by atoms with Crippen LogP contribution in [-0.2, 0) is 11.2 Å². The van der Waals surface area contributed by atoms with E-state index >= 15 is 0 Å². The molecule has 0 saturated carbocycles. The maximum atomic E-state index is 12.9. The average molecular weight is 269 g/mol. The standard InChI is InChI=1S/C17H19NO2/c19-17(12-7-13-9-20-10-14(8-12)18-13)16-6-2-4-11-3-1-5-15(11)16/h1-4,6,12-14,18H,5,7-10H2. The molecule has 1 aromatic carbocycles. The molecule has 2 fully saturated rings. The van der Waals surface area contributed by atoms with Gasteiger partial charge in [-0.3, -0.25) is 4.79 Å². The highest BCUT2D eigenvalue weighted by Gasteiger charge is 2.36. The van der Waals surface area contributed by atoms with E-state index in [-0.39, 0.29) is 5.92 Å². The summed E-state index contributed by atoms with van der Waals surface area (Å²) in [6, 6.07) is 6.81. The molecule has 4 rings (SSSR count). The van der Waals surface area contributed by atoms with E-state index in [1.54, 1.807) is 0 Å². The molecule has 3 aliphatic rings. The minimum Gasteiger partial charge on any atom is -0.378 e. The van der Waals surface area contributed by atoms with Crippen LogP contribution < -0.4 is 5.32 Å². The van der Waals surface area contributed by atoms with Gasteiger partial charge in [0.2, 0.25) is 0 Å². The third-order valence-electron chi connectivity index (χ3n) is 4.72. The highest BCUT2D eigenvalue weighted by molar-refractivity contribution is 6.00. The van der Waals surface area contributed by atoms with Crippen LogP contribution in [0.3, 0.4) is 0 Å². The van der Waals surface area contributed by atoms with Gasteiger partial charge in [0.25, 0.3) is 0 Å². The van der Waals surface area contributed by atoms with Crippen molar-refractivity contribution in [3.05, 3.63) is 41.0 Å². The Labute approximate surface area is 119 Å². The molecule has 1 N–H and O–H groups in total. The number of benzene rings is 1. The predicted molar refractivity (Wildman–Crippen MR) is 77.8 cm³/mol. The Morgan fingerprint density at radius 3 is 2.80 bits per heavy atom. The van der Waals surface area contributed by atoms with Crippen molar-refractivity contribution in [1.82, 2.24) is 5.32 Å². The van der Waals surface area contributed by atoms with Gasteiger partial charge in [-0.1, -0.05) is 30.4 Å². The molecule has 3 heteroatoms. The van der Waals surface area contributed by atoms with Crippen molar-refractivity contribution in [2.45, 2.75) is 31.3 Å². The van der Waals surface area contributed by atoms with Crippen molar-refractivity contribution in [2.24, 2.45) is 5.92 Å². The predicted octanol–water partition coefficient (Wildman–Crippen LogP) is 2.21. The number of allylic oxidation sites excluding steroid dienone is 1. The highest BCUT2D eigenvalue weighted by Crippen LogP contribution is 2.30. The minimum atomic E-state index is 0.155. The normalized spacial score (nSPS) is 31.1. The lowest BCUT2D eigenvalue weighted by Crippen LogP contribution is -2.55. The molecule has 2 saturated heterocycles. The van der Waals surface area contributed by atoms with Crippen molar-refractivity contribution in [2.75, 3.05) is 13.2 Å². The third-order valence-corrected chi connectivity index (χ3v) is 4.72. The van der Waals surface area contributed by atoms with E-state index in [2.05, 4.69) is 23.5 Å². The van der Waals surface area contributed by atoms with Gasteiger partial charge in [-0.25, -0.2) is 0 Å². The first kappa shape index (κ1) is 12.3. The van der Waals surface area contributed by atoms with Gasteiger partial charge in [0.1, 0.15) is 0 Å². The third kappa shape index (κ3) is 2.02. The minimum absolute atomic E-state index is 0.155. The summed E-state index contributed by atoms with van der Waals surface area (Å²) in [5.74, 6) is 0.492. The number of piperidine rings is 1. The van der Waals surface area contributed by atoms with Gasteiger partial charge < -0.3 is 10.1 Å². The smallest absolute Gasteiger partial charge is 0.166 e. The number of fused-ring (bicyclic) bond motifs is 3. The summed E-state index contributed by atoms with van der Waals surface area (Å²) in [4.78, 5) is 12.9. The monoisotopic (exact) mass is 269 g/mol. The fourth-order valence-corrected chi connectivity index (χ4v) is 3.79. The van der Waals surface area contributed by atoms with Crippen LogP contribution in [0.2, 0.25) is 0 Å². The number of hydrogen-bond donors (Lipinski definition) is 1. The molecule has 0 aromatic heterocycles. The van der Waals surface area contributed by atoms with Gasteiger partial charge in [-0.2, -0.15) is 0 Å². The van der Waals surface area contributed by atoms with Crippen molar-refractivity contribution in [3.8, 4) is 0 Å². The van der Waals surface area contributed by atoms with Crippen LogP contribution in [-0.4, -0.2) is 31.1 Å². The number of morpholine rings is 1. The van der Waals surface area contributed by atoms with Crippen molar-refractivity contribution < 1.29 is 9.53 Å². The van der Waals surface area contributed by atoms with E-state index in [4.69, 9.17) is 4.74 Å². The summed E-state index contributed by atoms with van der Waals surface area (Å²) in [5.41, 5.74) is 3.38. The van der Waals surface area contributed by atoms with Gasteiger partial charge in [-0.15, -0.1) is 0 Å². The molecule has 2 aliphatic heterocycles. The molecule has 1 aromatic rings. The van der Waals surface area contributed by atoms with Gasteiger partial charge in [0.15, 0.2) is 5.78 Å². The van der Waals surface area contributed by atoms with E-state index in [1.165, 1.54) is 11.1 Å². The van der Waals surface area contributed by atoms with Crippen LogP contribution in [0, 0.1) is 5.92 Å². The fraction of sp³-hybridized carbons (Fsp3) is 0.471. The number of Topliss-reactive ketones (excluding diaryl/α,β-unsaturated/α-hetero) is 1. The second-order valence-electron chi connectivity index (χ2n) is 6.11. The van der Waals surface area contributed by atoms with Gasteiger partial charge in [-0.05, 0) is 30.4 Å². The Morgan fingerprint density at radius 2 is 2.00 bits per heavy atom. The molecule has 2 bridgehead atoms. The van der Waals surface area contributed by atoms with Crippen LogP contribution in [0.25, 0.3) is 6.08 Å². The summed E-state index contributed by atoms with van der Waals surface area (Å²) in [7, 11) is 0. The number of rotatable bonds is 2. The maximum absolute atomic E-state index is 12.9. The highest BCUT2D eigenvalue weighted by atomic mass is 16.5. The van der Waals surface area contributed by atoms with E-state index in [0.29, 0.717) is 17.9 Å². The van der Waals surface area contributed by atoms with Crippen LogP contribution in [0.4, 0.5) is 0 Å². The Hall–Kier alpha value is -1.45. The van der Waals surface area contributed by atoms with Crippen LogP contribution in [0.1, 0.15) is 34.3 Å². The van der Waals surface area contributed by atoms with Crippen molar-refractivity contribution >= 4 is 11.9 Å². The number of carbonyl (C=O) groups is 1. The quantitative estimate of drug-likeness (QED) is 0.837. The molecule has 0 amide bonds. The maximum Gasteiger partial charge on any atom is 0.166 e. The Kier molecular flexibility index (Phi) is 2.97.